The Morgan fingerprint density at radius 3 is 2.77 bits per heavy atom. The van der Waals surface area contributed by atoms with E-state index in [0.29, 0.717) is 49.5 Å². The predicted molar refractivity (Wildman–Crippen MR) is 165 cm³/mol. The Morgan fingerprint density at radius 1 is 1.14 bits per heavy atom. The molecule has 5 heterocycles. The quantitative estimate of drug-likeness (QED) is 0.283. The molecule has 11 heteroatoms. The molecule has 0 unspecified atom stereocenters. The highest BCUT2D eigenvalue weighted by molar-refractivity contribution is 5.99. The summed E-state index contributed by atoms with van der Waals surface area (Å²) in [6.07, 6.45) is 4.59. The fourth-order valence-electron chi connectivity index (χ4n) is 7.34. The van der Waals surface area contributed by atoms with Crippen LogP contribution >= 0.6 is 0 Å². The van der Waals surface area contributed by atoms with Crippen LogP contribution in [0.25, 0.3) is 32.9 Å². The predicted octanol–water partition coefficient (Wildman–Crippen LogP) is 5.17. The van der Waals surface area contributed by atoms with Crippen LogP contribution in [0.2, 0.25) is 0 Å². The van der Waals surface area contributed by atoms with Gasteiger partial charge in [0, 0.05) is 50.0 Å². The van der Waals surface area contributed by atoms with Crippen molar-refractivity contribution in [2.24, 2.45) is 0 Å². The summed E-state index contributed by atoms with van der Waals surface area (Å²) in [7, 11) is 4.11. The number of aromatic hydroxyl groups is 1. The highest BCUT2D eigenvalue weighted by atomic mass is 19.1. The van der Waals surface area contributed by atoms with E-state index in [9.17, 15) is 9.50 Å². The van der Waals surface area contributed by atoms with E-state index < -0.39 is 17.5 Å². The topological polar surface area (TPSA) is 95.9 Å². The summed E-state index contributed by atoms with van der Waals surface area (Å²) in [5.41, 5.74) is 0.0315. The minimum atomic E-state index is -0.890. The summed E-state index contributed by atoms with van der Waals surface area (Å²) in [6.45, 7) is 3.35. The molecule has 2 aromatic carbocycles. The van der Waals surface area contributed by atoms with Gasteiger partial charge in [-0.15, -0.1) is 0 Å². The maximum atomic E-state index is 16.6. The summed E-state index contributed by atoms with van der Waals surface area (Å²) in [5, 5.41) is 15.9. The Kier molecular flexibility index (Phi) is 7.50. The third kappa shape index (κ3) is 5.10. The maximum absolute atomic E-state index is 16.6. The number of benzene rings is 2. The average Bonchev–Trinajstić information content (AvgIpc) is 3.55. The van der Waals surface area contributed by atoms with Crippen LogP contribution in [0.4, 0.5) is 14.6 Å². The van der Waals surface area contributed by atoms with Gasteiger partial charge in [-0.2, -0.15) is 9.97 Å². The van der Waals surface area contributed by atoms with E-state index in [0.717, 1.165) is 43.0 Å². The van der Waals surface area contributed by atoms with Gasteiger partial charge in [-0.05, 0) is 69.2 Å². The van der Waals surface area contributed by atoms with Crippen LogP contribution in [0.15, 0.2) is 42.6 Å². The Labute approximate surface area is 255 Å². The number of nitrogens with one attached hydrogen (secondary N) is 1. The standard InChI is InChI=1S/C33H38F2N6O3/c1-40(2)32(9-12-43-13-10-32)19-37-30-26-17-36-28(25-15-23(42)14-21-6-3-4-7-24(21)25)27(35)29(26)38-31(39-30)44-20-33-8-5-11-41(33)18-22(34)16-33/h3-4,6-7,14-15,17,22,42H,5,8-13,16,18-20H2,1-2H3,(H,37,38,39)/t22-,33+/m1/s1. The highest BCUT2D eigenvalue weighted by Gasteiger charge is 2.49. The molecule has 9 nitrogen and oxygen atoms in total. The number of likely N-dealkylation sites (N-methyl/N-ethyl adjacent to an activating group) is 1. The molecule has 0 aliphatic carbocycles. The van der Waals surface area contributed by atoms with Crippen molar-refractivity contribution in [1.82, 2.24) is 24.8 Å². The van der Waals surface area contributed by atoms with E-state index in [-0.39, 0.29) is 35.1 Å². The second-order valence-electron chi connectivity index (χ2n) is 12.7. The van der Waals surface area contributed by atoms with Gasteiger partial charge in [0.05, 0.1) is 10.9 Å². The van der Waals surface area contributed by atoms with E-state index in [4.69, 9.17) is 14.5 Å². The first-order valence-electron chi connectivity index (χ1n) is 15.4. The van der Waals surface area contributed by atoms with Crippen LogP contribution in [-0.4, -0.2) is 101 Å². The number of hydrogen-bond donors (Lipinski definition) is 2. The molecule has 0 bridgehead atoms. The first-order chi connectivity index (χ1) is 21.3. The number of ether oxygens (including phenoxy) is 2. The van der Waals surface area contributed by atoms with E-state index in [1.165, 1.54) is 6.07 Å². The third-order valence-electron chi connectivity index (χ3n) is 9.95. The van der Waals surface area contributed by atoms with Gasteiger partial charge in [-0.1, -0.05) is 24.3 Å². The minimum Gasteiger partial charge on any atom is -0.508 e. The lowest BCUT2D eigenvalue weighted by Gasteiger charge is -2.43. The monoisotopic (exact) mass is 604 g/mol. The first kappa shape index (κ1) is 29.1. The molecule has 0 spiro atoms. The second-order valence-corrected chi connectivity index (χ2v) is 12.7. The van der Waals surface area contributed by atoms with Crippen molar-refractivity contribution in [2.75, 3.05) is 58.9 Å². The van der Waals surface area contributed by atoms with Crippen LogP contribution in [0.1, 0.15) is 32.1 Å². The van der Waals surface area contributed by atoms with Crippen molar-refractivity contribution < 1.29 is 23.4 Å². The maximum Gasteiger partial charge on any atom is 0.319 e. The van der Waals surface area contributed by atoms with E-state index in [1.54, 1.807) is 12.3 Å². The third-order valence-corrected chi connectivity index (χ3v) is 9.95. The molecule has 4 aromatic rings. The molecule has 3 aliphatic rings. The van der Waals surface area contributed by atoms with Gasteiger partial charge in [0.2, 0.25) is 0 Å². The number of hydrogen-bond acceptors (Lipinski definition) is 9. The molecule has 0 amide bonds. The number of fused-ring (bicyclic) bond motifs is 3. The Hall–Kier alpha value is -3.67. The second kappa shape index (κ2) is 11.4. The van der Waals surface area contributed by atoms with Gasteiger partial charge in [0.1, 0.15) is 35.6 Å². The summed E-state index contributed by atoms with van der Waals surface area (Å²) in [5.74, 6) is -0.193. The molecule has 2 atom stereocenters. The number of phenolic OH excluding ortho intramolecular Hbond substituents is 1. The van der Waals surface area contributed by atoms with Crippen molar-refractivity contribution in [3.63, 3.8) is 0 Å². The van der Waals surface area contributed by atoms with Crippen molar-refractivity contribution in [2.45, 2.75) is 49.4 Å². The molecule has 0 saturated carbocycles. The van der Waals surface area contributed by atoms with E-state index in [2.05, 4.69) is 39.2 Å². The van der Waals surface area contributed by atoms with Crippen LogP contribution in [0.5, 0.6) is 11.8 Å². The number of phenols is 1. The summed E-state index contributed by atoms with van der Waals surface area (Å²) in [4.78, 5) is 18.2. The van der Waals surface area contributed by atoms with Crippen LogP contribution < -0.4 is 10.1 Å². The van der Waals surface area contributed by atoms with Crippen molar-refractivity contribution >= 4 is 27.5 Å². The van der Waals surface area contributed by atoms with Gasteiger partial charge < -0.3 is 24.8 Å². The van der Waals surface area contributed by atoms with E-state index in [1.807, 2.05) is 24.3 Å². The molecular weight excluding hydrogens is 566 g/mol. The average molecular weight is 605 g/mol. The number of rotatable bonds is 8. The molecule has 2 aromatic heterocycles. The van der Waals surface area contributed by atoms with Crippen molar-refractivity contribution in [3.8, 4) is 23.0 Å². The lowest BCUT2D eigenvalue weighted by Crippen LogP contribution is -2.53. The molecule has 2 N–H and O–H groups in total. The van der Waals surface area contributed by atoms with E-state index >= 15 is 4.39 Å². The number of alkyl halides is 1. The number of nitrogens with zero attached hydrogens (tertiary/aromatic N) is 5. The first-order valence-corrected chi connectivity index (χ1v) is 15.4. The Morgan fingerprint density at radius 2 is 1.95 bits per heavy atom. The molecule has 44 heavy (non-hydrogen) atoms. The zero-order valence-electron chi connectivity index (χ0n) is 25.2. The molecule has 0 radical (unpaired) electrons. The van der Waals surface area contributed by atoms with Crippen molar-refractivity contribution in [1.29, 1.82) is 0 Å². The number of halogens is 2. The molecule has 3 aliphatic heterocycles. The normalized spacial score (nSPS) is 23.4. The fourth-order valence-corrected chi connectivity index (χ4v) is 7.34. The highest BCUT2D eigenvalue weighted by Crippen LogP contribution is 2.41. The molecule has 3 saturated heterocycles. The molecule has 3 fully saturated rings. The SMILES string of the molecule is CN(C)C1(CNc2nc(OC[C@@]34CCCN3C[C@H](F)C4)nc3c(F)c(-c4cc(O)cc5ccccc45)ncc23)CCOCC1. The lowest BCUT2D eigenvalue weighted by molar-refractivity contribution is -0.000660. The number of aromatic nitrogens is 3. The van der Waals surface area contributed by atoms with Crippen LogP contribution in [0, 0.1) is 5.82 Å². The molecule has 7 rings (SSSR count). The van der Waals surface area contributed by atoms with Gasteiger partial charge in [0.15, 0.2) is 5.82 Å². The zero-order valence-corrected chi connectivity index (χ0v) is 25.2. The summed E-state index contributed by atoms with van der Waals surface area (Å²) in [6, 6.07) is 10.7. The number of anilines is 1. The smallest absolute Gasteiger partial charge is 0.319 e. The van der Waals surface area contributed by atoms with Gasteiger partial charge >= 0.3 is 6.01 Å². The molecule has 232 valence electrons. The largest absolute Gasteiger partial charge is 0.508 e. The molecular formula is C33H38F2N6O3. The Balaban J connectivity index is 1.30. The summed E-state index contributed by atoms with van der Waals surface area (Å²) < 4.78 is 42.9. The Bertz CT molecular complexity index is 1700. The van der Waals surface area contributed by atoms with Gasteiger partial charge in [0.25, 0.3) is 0 Å². The van der Waals surface area contributed by atoms with Crippen LogP contribution in [0.3, 0.4) is 0 Å². The minimum absolute atomic E-state index is 0.0163. The lowest BCUT2D eigenvalue weighted by atomic mass is 9.88. The van der Waals surface area contributed by atoms with Gasteiger partial charge in [-0.25, -0.2) is 8.78 Å². The summed E-state index contributed by atoms with van der Waals surface area (Å²) >= 11 is 0. The zero-order chi connectivity index (χ0) is 30.5. The van der Waals surface area contributed by atoms with Crippen molar-refractivity contribution in [3.05, 3.63) is 48.4 Å². The fraction of sp³-hybridized carbons (Fsp3) is 0.485. The number of pyridine rings is 1. The van der Waals surface area contributed by atoms with Crippen LogP contribution in [-0.2, 0) is 4.74 Å². The van der Waals surface area contributed by atoms with Gasteiger partial charge in [-0.3, -0.25) is 9.88 Å².